The predicted octanol–water partition coefficient (Wildman–Crippen LogP) is -0.0802. The molecule has 0 aliphatic carbocycles. The molecular weight excluding hydrogens is 156 g/mol. The Morgan fingerprint density at radius 3 is 2.20 bits per heavy atom. The summed E-state index contributed by atoms with van der Waals surface area (Å²) in [6.45, 7) is 1.66. The first-order valence-corrected chi connectivity index (χ1v) is 3.52. The first-order chi connectivity index (χ1) is 4.59. The van der Waals surface area contributed by atoms with Crippen LogP contribution in [0.1, 0.15) is 6.92 Å². The highest BCUT2D eigenvalue weighted by Gasteiger charge is 2.20. The second-order valence-corrected chi connectivity index (χ2v) is 2.59. The number of ketones is 1. The van der Waals surface area contributed by atoms with E-state index in [1.54, 1.807) is 6.92 Å². The van der Waals surface area contributed by atoms with Gasteiger partial charge in [-0.3, -0.25) is 9.59 Å². The summed E-state index contributed by atoms with van der Waals surface area (Å²) in [5.41, 5.74) is 0. The van der Waals surface area contributed by atoms with E-state index in [-0.39, 0.29) is 0 Å². The molecule has 0 amide bonds. The highest BCUT2D eigenvalue weighted by molar-refractivity contribution is 8.15. The van der Waals surface area contributed by atoms with Crippen molar-refractivity contribution in [1.29, 1.82) is 0 Å². The zero-order valence-corrected chi connectivity index (χ0v) is 6.10. The van der Waals surface area contributed by atoms with Crippen molar-refractivity contribution in [1.82, 2.24) is 0 Å². The lowest BCUT2D eigenvalue weighted by atomic mass is 10.4. The monoisotopic (exact) mass is 162 g/mol. The normalized spacial score (nSPS) is 8.90. The molecule has 4 nitrogen and oxygen atoms in total. The Morgan fingerprint density at radius 1 is 1.40 bits per heavy atom. The van der Waals surface area contributed by atoms with E-state index in [1.165, 1.54) is 0 Å². The molecule has 0 bridgehead atoms. The summed E-state index contributed by atoms with van der Waals surface area (Å²) in [5.74, 6) is -2.63. The van der Waals surface area contributed by atoms with Crippen LogP contribution >= 0.6 is 11.8 Å². The van der Waals surface area contributed by atoms with Gasteiger partial charge in [-0.2, -0.15) is 0 Å². The zero-order chi connectivity index (χ0) is 8.15. The highest BCUT2D eigenvalue weighted by atomic mass is 32.2. The van der Waals surface area contributed by atoms with Gasteiger partial charge in [0, 0.05) is 0 Å². The number of Topliss-reactive ketones (excluding diaryl/α,β-unsaturated/α-hetero) is 1. The molecule has 56 valence electrons. The number of carbonyl (C=O) groups excluding carboxylic acids is 2. The van der Waals surface area contributed by atoms with Gasteiger partial charge in [-0.1, -0.05) is 18.7 Å². The van der Waals surface area contributed by atoms with Gasteiger partial charge in [0.15, 0.2) is 0 Å². The standard InChI is InChI=1S/C5H6O4S/c1-2-10-5(9)3(6)4(7)8/h2H2,1H3,(H,7,8). The number of aliphatic carboxylic acids is 1. The number of carboxylic acids is 1. The molecule has 5 heteroatoms. The van der Waals surface area contributed by atoms with Crippen LogP contribution in [0.15, 0.2) is 0 Å². The molecule has 0 aromatic carbocycles. The van der Waals surface area contributed by atoms with Crippen molar-refractivity contribution >= 4 is 28.6 Å². The smallest absolute Gasteiger partial charge is 0.381 e. The van der Waals surface area contributed by atoms with Gasteiger partial charge in [0.25, 0.3) is 5.12 Å². The lowest BCUT2D eigenvalue weighted by Gasteiger charge is -1.89. The van der Waals surface area contributed by atoms with Gasteiger partial charge in [-0.25, -0.2) is 4.79 Å². The highest BCUT2D eigenvalue weighted by Crippen LogP contribution is 2.00. The van der Waals surface area contributed by atoms with Gasteiger partial charge >= 0.3 is 11.8 Å². The molecule has 0 saturated carbocycles. The molecule has 0 atom stereocenters. The molecule has 0 radical (unpaired) electrons. The van der Waals surface area contributed by atoms with Gasteiger partial charge < -0.3 is 5.11 Å². The van der Waals surface area contributed by atoms with Crippen LogP contribution < -0.4 is 0 Å². The van der Waals surface area contributed by atoms with E-state index >= 15 is 0 Å². The summed E-state index contributed by atoms with van der Waals surface area (Å²) in [6.07, 6.45) is 0. The van der Waals surface area contributed by atoms with E-state index in [0.29, 0.717) is 17.5 Å². The Hall–Kier alpha value is -0.840. The molecule has 0 heterocycles. The molecule has 0 aromatic rings. The van der Waals surface area contributed by atoms with Gasteiger partial charge in [0.1, 0.15) is 0 Å². The Labute approximate surface area is 61.6 Å². The molecule has 0 aliphatic rings. The van der Waals surface area contributed by atoms with Gasteiger partial charge in [-0.15, -0.1) is 0 Å². The Morgan fingerprint density at radius 2 is 1.90 bits per heavy atom. The van der Waals surface area contributed by atoms with Crippen LogP contribution in [0, 0.1) is 0 Å². The van der Waals surface area contributed by atoms with Crippen LogP contribution in [0.4, 0.5) is 0 Å². The van der Waals surface area contributed by atoms with E-state index in [1.807, 2.05) is 0 Å². The van der Waals surface area contributed by atoms with Crippen molar-refractivity contribution in [2.45, 2.75) is 6.92 Å². The quantitative estimate of drug-likeness (QED) is 0.464. The summed E-state index contributed by atoms with van der Waals surface area (Å²) >= 11 is 0.698. The number of carbonyl (C=O) groups is 3. The molecule has 10 heavy (non-hydrogen) atoms. The SMILES string of the molecule is CCSC(=O)C(=O)C(=O)O. The minimum absolute atomic E-state index is 0.415. The van der Waals surface area contributed by atoms with Crippen LogP contribution in [0.3, 0.4) is 0 Å². The average Bonchev–Trinajstić information content (AvgIpc) is 1.87. The molecule has 0 spiro atoms. The Kier molecular flexibility index (Phi) is 3.71. The van der Waals surface area contributed by atoms with Crippen molar-refractivity contribution < 1.29 is 19.5 Å². The van der Waals surface area contributed by atoms with Crippen LogP contribution in [0.25, 0.3) is 0 Å². The third-order valence-corrected chi connectivity index (χ3v) is 1.39. The Balaban J connectivity index is 3.96. The second-order valence-electron chi connectivity index (χ2n) is 1.35. The van der Waals surface area contributed by atoms with E-state index in [0.717, 1.165) is 0 Å². The van der Waals surface area contributed by atoms with Crippen molar-refractivity contribution in [2.24, 2.45) is 0 Å². The van der Waals surface area contributed by atoms with Crippen molar-refractivity contribution in [3.05, 3.63) is 0 Å². The number of carboxylic acid groups (broad SMARTS) is 1. The molecule has 0 unspecified atom stereocenters. The first-order valence-electron chi connectivity index (χ1n) is 2.54. The maximum Gasteiger partial charge on any atom is 0.381 e. The van der Waals surface area contributed by atoms with Gasteiger partial charge in [-0.05, 0) is 5.75 Å². The molecule has 0 aromatic heterocycles. The van der Waals surface area contributed by atoms with Crippen LogP contribution in [-0.2, 0) is 14.4 Å². The third-order valence-electron chi connectivity index (χ3n) is 0.655. The average molecular weight is 162 g/mol. The lowest BCUT2D eigenvalue weighted by Crippen LogP contribution is -2.20. The summed E-state index contributed by atoms with van der Waals surface area (Å²) in [5, 5.41) is 7.09. The maximum atomic E-state index is 10.4. The largest absolute Gasteiger partial charge is 0.475 e. The summed E-state index contributed by atoms with van der Waals surface area (Å²) < 4.78 is 0. The molecule has 1 N–H and O–H groups in total. The fourth-order valence-electron chi connectivity index (χ4n) is 0.284. The fraction of sp³-hybridized carbons (Fsp3) is 0.400. The first kappa shape index (κ1) is 9.16. The second kappa shape index (κ2) is 4.05. The summed E-state index contributed by atoms with van der Waals surface area (Å²) in [4.78, 5) is 30.5. The zero-order valence-electron chi connectivity index (χ0n) is 5.29. The van der Waals surface area contributed by atoms with Crippen LogP contribution in [0.2, 0.25) is 0 Å². The minimum Gasteiger partial charge on any atom is -0.475 e. The van der Waals surface area contributed by atoms with Crippen LogP contribution in [0.5, 0.6) is 0 Å². The van der Waals surface area contributed by atoms with Crippen molar-refractivity contribution in [3.8, 4) is 0 Å². The van der Waals surface area contributed by atoms with Crippen molar-refractivity contribution in [2.75, 3.05) is 5.75 Å². The summed E-state index contributed by atoms with van der Waals surface area (Å²) in [6, 6.07) is 0. The van der Waals surface area contributed by atoms with Crippen molar-refractivity contribution in [3.63, 3.8) is 0 Å². The molecule has 0 rings (SSSR count). The van der Waals surface area contributed by atoms with E-state index in [9.17, 15) is 14.4 Å². The van der Waals surface area contributed by atoms with E-state index < -0.39 is 16.9 Å². The van der Waals surface area contributed by atoms with E-state index in [2.05, 4.69) is 0 Å². The lowest BCUT2D eigenvalue weighted by molar-refractivity contribution is -0.151. The fourth-order valence-corrected chi connectivity index (χ4v) is 0.765. The summed E-state index contributed by atoms with van der Waals surface area (Å²) in [7, 11) is 0. The number of hydrogen-bond donors (Lipinski definition) is 1. The molecule has 0 fully saturated rings. The van der Waals surface area contributed by atoms with Gasteiger partial charge in [0.05, 0.1) is 0 Å². The van der Waals surface area contributed by atoms with Gasteiger partial charge in [0.2, 0.25) is 0 Å². The molecule has 0 aliphatic heterocycles. The third kappa shape index (κ3) is 2.63. The Bertz CT molecular complexity index is 174. The van der Waals surface area contributed by atoms with E-state index in [4.69, 9.17) is 5.11 Å². The topological polar surface area (TPSA) is 71.4 Å². The molecular formula is C5H6O4S. The number of rotatable bonds is 3. The molecule has 0 saturated heterocycles. The number of thioether (sulfide) groups is 1. The predicted molar refractivity (Wildman–Crippen MR) is 35.8 cm³/mol. The maximum absolute atomic E-state index is 10.4. The van der Waals surface area contributed by atoms with Crippen LogP contribution in [-0.4, -0.2) is 27.7 Å². The number of hydrogen-bond acceptors (Lipinski definition) is 4. The minimum atomic E-state index is -1.69.